The molecule has 0 aromatic heterocycles. The Morgan fingerprint density at radius 2 is 2.00 bits per heavy atom. The molecule has 0 aliphatic carbocycles. The molecule has 0 fully saturated rings. The molecule has 1 amide bonds. The number of nitrogens with zero attached hydrogens (tertiary/aromatic N) is 1. The van der Waals surface area contributed by atoms with Crippen molar-refractivity contribution in [1.82, 2.24) is 5.32 Å². The summed E-state index contributed by atoms with van der Waals surface area (Å²) < 4.78 is 0. The Morgan fingerprint density at radius 3 is 2.76 bits per heavy atom. The number of hydrogen-bond acceptors (Lipinski definition) is 4. The van der Waals surface area contributed by atoms with Gasteiger partial charge in [0.05, 0.1) is 12.7 Å². The SMILES string of the molecule is CCOOCC(C#N)NC(=O)c1cccc2ccccc12. The number of carbonyl (C=O) groups excluding carboxylic acids is 1. The van der Waals surface area contributed by atoms with Crippen molar-refractivity contribution in [2.75, 3.05) is 13.2 Å². The zero-order valence-electron chi connectivity index (χ0n) is 11.7. The molecule has 5 heteroatoms. The van der Waals surface area contributed by atoms with E-state index in [1.165, 1.54) is 0 Å². The van der Waals surface area contributed by atoms with Gasteiger partial charge < -0.3 is 5.32 Å². The van der Waals surface area contributed by atoms with E-state index in [9.17, 15) is 4.79 Å². The molecular formula is C16H16N2O3. The van der Waals surface area contributed by atoms with Crippen LogP contribution in [0.5, 0.6) is 0 Å². The second-order valence-corrected chi connectivity index (χ2v) is 4.37. The van der Waals surface area contributed by atoms with Crippen molar-refractivity contribution in [3.63, 3.8) is 0 Å². The lowest BCUT2D eigenvalue weighted by Gasteiger charge is -2.12. The first-order chi connectivity index (χ1) is 10.3. The van der Waals surface area contributed by atoms with Crippen LogP contribution < -0.4 is 5.32 Å². The third-order valence-electron chi connectivity index (χ3n) is 2.93. The van der Waals surface area contributed by atoms with Crippen LogP contribution in [0, 0.1) is 11.3 Å². The van der Waals surface area contributed by atoms with E-state index in [4.69, 9.17) is 15.0 Å². The average Bonchev–Trinajstić information content (AvgIpc) is 2.53. The summed E-state index contributed by atoms with van der Waals surface area (Å²) in [7, 11) is 0. The highest BCUT2D eigenvalue weighted by Gasteiger charge is 2.15. The van der Waals surface area contributed by atoms with Gasteiger partial charge in [-0.05, 0) is 23.8 Å². The largest absolute Gasteiger partial charge is 0.334 e. The minimum Gasteiger partial charge on any atom is -0.334 e. The monoisotopic (exact) mass is 284 g/mol. The maximum Gasteiger partial charge on any atom is 0.253 e. The van der Waals surface area contributed by atoms with Gasteiger partial charge in [0.15, 0.2) is 0 Å². The Kier molecular flexibility index (Phi) is 5.27. The molecule has 108 valence electrons. The Labute approximate surface area is 123 Å². The number of fused-ring (bicyclic) bond motifs is 1. The van der Waals surface area contributed by atoms with Crippen LogP contribution >= 0.6 is 0 Å². The molecule has 0 bridgehead atoms. The lowest BCUT2D eigenvalue weighted by atomic mass is 10.0. The smallest absolute Gasteiger partial charge is 0.253 e. The lowest BCUT2D eigenvalue weighted by molar-refractivity contribution is -0.292. The van der Waals surface area contributed by atoms with E-state index in [1.807, 2.05) is 42.5 Å². The molecule has 1 N–H and O–H groups in total. The minimum absolute atomic E-state index is 0.0130. The fourth-order valence-corrected chi connectivity index (χ4v) is 1.97. The van der Waals surface area contributed by atoms with Gasteiger partial charge in [-0.2, -0.15) is 5.26 Å². The molecule has 2 aromatic rings. The Balaban J connectivity index is 2.13. The molecule has 0 spiro atoms. The van der Waals surface area contributed by atoms with Gasteiger partial charge in [0.2, 0.25) is 0 Å². The van der Waals surface area contributed by atoms with Crippen molar-refractivity contribution in [2.45, 2.75) is 13.0 Å². The topological polar surface area (TPSA) is 71.3 Å². The van der Waals surface area contributed by atoms with Crippen LogP contribution in [0.4, 0.5) is 0 Å². The number of benzene rings is 2. The molecule has 0 heterocycles. The molecule has 1 atom stereocenters. The number of amides is 1. The first-order valence-electron chi connectivity index (χ1n) is 6.69. The molecule has 0 aliphatic heterocycles. The number of hydrogen-bond donors (Lipinski definition) is 1. The highest BCUT2D eigenvalue weighted by atomic mass is 17.2. The summed E-state index contributed by atoms with van der Waals surface area (Å²) in [5, 5.41) is 13.5. The fraction of sp³-hybridized carbons (Fsp3) is 0.250. The second kappa shape index (κ2) is 7.39. The summed E-state index contributed by atoms with van der Waals surface area (Å²) in [5.41, 5.74) is 0.532. The molecule has 1 unspecified atom stereocenters. The van der Waals surface area contributed by atoms with Gasteiger partial charge in [0, 0.05) is 5.56 Å². The number of nitrogens with one attached hydrogen (secondary N) is 1. The van der Waals surface area contributed by atoms with Crippen molar-refractivity contribution < 1.29 is 14.6 Å². The molecular weight excluding hydrogens is 268 g/mol. The maximum atomic E-state index is 12.3. The molecule has 2 aromatic carbocycles. The van der Waals surface area contributed by atoms with Gasteiger partial charge >= 0.3 is 0 Å². The van der Waals surface area contributed by atoms with E-state index in [0.29, 0.717) is 12.2 Å². The van der Waals surface area contributed by atoms with Gasteiger partial charge in [-0.15, -0.1) is 0 Å². The highest BCUT2D eigenvalue weighted by molar-refractivity contribution is 6.07. The van der Waals surface area contributed by atoms with Crippen LogP contribution in [-0.2, 0) is 9.78 Å². The number of nitriles is 1. The summed E-state index contributed by atoms with van der Waals surface area (Å²) >= 11 is 0. The molecule has 2 rings (SSSR count). The lowest BCUT2D eigenvalue weighted by Crippen LogP contribution is -2.37. The fourth-order valence-electron chi connectivity index (χ4n) is 1.97. The van der Waals surface area contributed by atoms with Gasteiger partial charge in [-0.1, -0.05) is 36.4 Å². The Hall–Kier alpha value is -2.42. The van der Waals surface area contributed by atoms with Gasteiger partial charge in [0.1, 0.15) is 12.6 Å². The van der Waals surface area contributed by atoms with Crippen molar-refractivity contribution >= 4 is 16.7 Å². The van der Waals surface area contributed by atoms with Gasteiger partial charge in [-0.3, -0.25) is 4.79 Å². The third-order valence-corrected chi connectivity index (χ3v) is 2.93. The quantitative estimate of drug-likeness (QED) is 0.502. The zero-order valence-corrected chi connectivity index (χ0v) is 11.7. The van der Waals surface area contributed by atoms with Gasteiger partial charge in [0.25, 0.3) is 5.91 Å². The van der Waals surface area contributed by atoms with Crippen LogP contribution in [0.3, 0.4) is 0 Å². The van der Waals surface area contributed by atoms with Gasteiger partial charge in [-0.25, -0.2) is 9.78 Å². The van der Waals surface area contributed by atoms with Crippen LogP contribution in [-0.4, -0.2) is 25.2 Å². The molecule has 5 nitrogen and oxygen atoms in total. The van der Waals surface area contributed by atoms with Crippen molar-refractivity contribution in [3.05, 3.63) is 48.0 Å². The van der Waals surface area contributed by atoms with Crippen molar-refractivity contribution in [2.24, 2.45) is 0 Å². The van der Waals surface area contributed by atoms with E-state index in [0.717, 1.165) is 10.8 Å². The molecule has 0 radical (unpaired) electrons. The Morgan fingerprint density at radius 1 is 1.24 bits per heavy atom. The van der Waals surface area contributed by atoms with Crippen LogP contribution in [0.15, 0.2) is 42.5 Å². The molecule has 0 saturated heterocycles. The van der Waals surface area contributed by atoms with E-state index >= 15 is 0 Å². The summed E-state index contributed by atoms with van der Waals surface area (Å²) in [4.78, 5) is 21.8. The predicted octanol–water partition coefficient (Wildman–Crippen LogP) is 2.43. The normalized spacial score (nSPS) is 11.8. The molecule has 21 heavy (non-hydrogen) atoms. The summed E-state index contributed by atoms with van der Waals surface area (Å²) in [6, 6.07) is 14.3. The maximum absolute atomic E-state index is 12.3. The van der Waals surface area contributed by atoms with E-state index in [1.54, 1.807) is 13.0 Å². The first-order valence-corrected chi connectivity index (χ1v) is 6.69. The van der Waals surface area contributed by atoms with E-state index in [2.05, 4.69) is 5.32 Å². The number of rotatable bonds is 6. The summed E-state index contributed by atoms with van der Waals surface area (Å²) in [6.07, 6.45) is 0. The number of carbonyl (C=O) groups is 1. The average molecular weight is 284 g/mol. The zero-order chi connectivity index (χ0) is 15.1. The third kappa shape index (κ3) is 3.78. The summed E-state index contributed by atoms with van der Waals surface area (Å²) in [5.74, 6) is -0.307. The molecule has 0 aliphatic rings. The highest BCUT2D eigenvalue weighted by Crippen LogP contribution is 2.18. The van der Waals surface area contributed by atoms with Crippen molar-refractivity contribution in [3.8, 4) is 6.07 Å². The first kappa shape index (κ1) is 15.0. The van der Waals surface area contributed by atoms with Crippen LogP contribution in [0.2, 0.25) is 0 Å². The summed E-state index contributed by atoms with van der Waals surface area (Å²) in [6.45, 7) is 2.15. The minimum atomic E-state index is -0.761. The predicted molar refractivity (Wildman–Crippen MR) is 78.4 cm³/mol. The van der Waals surface area contributed by atoms with Crippen molar-refractivity contribution in [1.29, 1.82) is 5.26 Å². The van der Waals surface area contributed by atoms with Crippen LogP contribution in [0.25, 0.3) is 10.8 Å². The van der Waals surface area contributed by atoms with E-state index in [-0.39, 0.29) is 12.5 Å². The second-order valence-electron chi connectivity index (χ2n) is 4.37. The standard InChI is InChI=1S/C16H16N2O3/c1-2-20-21-11-13(10-17)18-16(19)15-9-5-7-12-6-3-4-8-14(12)15/h3-9,13H,2,11H2,1H3,(H,18,19). The van der Waals surface area contributed by atoms with Crippen LogP contribution in [0.1, 0.15) is 17.3 Å². The Bertz CT molecular complexity index is 659. The molecule has 0 saturated carbocycles. The van der Waals surface area contributed by atoms with E-state index < -0.39 is 6.04 Å².